The van der Waals surface area contributed by atoms with Crippen LogP contribution in [0.25, 0.3) is 0 Å². The van der Waals surface area contributed by atoms with Gasteiger partial charge >= 0.3 is 18.3 Å². The summed E-state index contributed by atoms with van der Waals surface area (Å²) < 4.78 is 24.4. The van der Waals surface area contributed by atoms with Gasteiger partial charge in [-0.05, 0) is 33.1 Å². The summed E-state index contributed by atoms with van der Waals surface area (Å²) in [6.45, 7) is 9.42. The molecule has 0 spiro atoms. The summed E-state index contributed by atoms with van der Waals surface area (Å²) in [5, 5.41) is 0. The largest absolute Gasteiger partial charge is 0.461 e. The van der Waals surface area contributed by atoms with Crippen LogP contribution in [-0.2, 0) is 64.1 Å². The van der Waals surface area contributed by atoms with Gasteiger partial charge < -0.3 is 33.0 Å². The van der Waals surface area contributed by atoms with Crippen LogP contribution in [0.1, 0.15) is 66.2 Å². The number of aromatic nitrogens is 2. The van der Waals surface area contributed by atoms with E-state index in [4.69, 9.17) is 38.1 Å². The number of fused-ring (bicyclic) bond motifs is 2. The number of esters is 1. The molecule has 45 heavy (non-hydrogen) atoms. The highest BCUT2D eigenvalue weighted by Gasteiger charge is 2.38. The first-order chi connectivity index (χ1) is 21.5. The van der Waals surface area contributed by atoms with E-state index in [2.05, 4.69) is 0 Å². The van der Waals surface area contributed by atoms with Crippen molar-refractivity contribution in [2.45, 2.75) is 78.6 Å². The summed E-state index contributed by atoms with van der Waals surface area (Å²) in [5.41, 5.74) is 1.84. The molecule has 0 aromatic carbocycles. The normalized spacial score (nSPS) is 16.2. The first kappa shape index (κ1) is 38.5. The average Bonchev–Trinajstić information content (AvgIpc) is 3.01. The highest BCUT2D eigenvalue weighted by Crippen LogP contribution is 2.25. The Bertz CT molecular complexity index is 1450. The summed E-state index contributed by atoms with van der Waals surface area (Å²) in [5.74, 6) is -0.624. The molecule has 0 radical (unpaired) electrons. The number of nitrogens with zero attached hydrogens (tertiary/aromatic N) is 3. The smallest absolute Gasteiger partial charge is 0.373 e. The number of ether oxygens (including phenoxy) is 4. The Morgan fingerprint density at radius 2 is 1.51 bits per heavy atom. The minimum Gasteiger partial charge on any atom is -0.461 e. The molecule has 1 saturated heterocycles. The lowest BCUT2D eigenvalue weighted by molar-refractivity contribution is -0.193. The second-order valence-electron chi connectivity index (χ2n) is 9.57. The summed E-state index contributed by atoms with van der Waals surface area (Å²) in [6, 6.07) is 2.94. The van der Waals surface area contributed by atoms with Gasteiger partial charge in [0, 0.05) is 55.9 Å². The molecule has 15 heteroatoms. The lowest BCUT2D eigenvalue weighted by atomic mass is 10.1. The van der Waals surface area contributed by atoms with Gasteiger partial charge in [-0.25, -0.2) is 4.79 Å². The zero-order chi connectivity index (χ0) is 34.1. The van der Waals surface area contributed by atoms with Gasteiger partial charge in [0.05, 0.1) is 26.3 Å². The Kier molecular flexibility index (Phi) is 16.9. The third kappa shape index (κ3) is 10.6. The van der Waals surface area contributed by atoms with Gasteiger partial charge in [-0.2, -0.15) is 19.2 Å². The minimum atomic E-state index is -0.529. The van der Waals surface area contributed by atoms with Gasteiger partial charge in [0.15, 0.2) is 23.4 Å². The third-order valence-electron chi connectivity index (χ3n) is 6.97. The molecule has 0 aliphatic carbocycles. The monoisotopic (exact) mass is 633 g/mol. The maximum Gasteiger partial charge on any atom is 0.373 e. The number of amides is 1. The van der Waals surface area contributed by atoms with E-state index in [9.17, 15) is 19.2 Å². The second-order valence-corrected chi connectivity index (χ2v) is 9.57. The van der Waals surface area contributed by atoms with Crippen LogP contribution in [0, 0.1) is 0 Å². The van der Waals surface area contributed by atoms with Crippen molar-refractivity contribution in [2.75, 3.05) is 27.4 Å². The van der Waals surface area contributed by atoms with Crippen molar-refractivity contribution < 1.29 is 47.7 Å². The third-order valence-corrected chi connectivity index (χ3v) is 6.97. The van der Waals surface area contributed by atoms with Gasteiger partial charge in [-0.15, -0.1) is 0 Å². The molecular formula is C30H39N3O12. The fourth-order valence-electron chi connectivity index (χ4n) is 4.70. The molecule has 1 fully saturated rings. The number of hydrogen-bond acceptors (Lipinski definition) is 12. The first-order valence-corrected chi connectivity index (χ1v) is 14.1. The number of methoxy groups -OCH3 is 2. The van der Waals surface area contributed by atoms with Gasteiger partial charge in [-0.1, -0.05) is 13.8 Å². The summed E-state index contributed by atoms with van der Waals surface area (Å²) in [4.78, 5) is 82.4. The SMILES string of the molecule is CCOC(=O)c1cc(=O)c(CC)cn1CC(OC)OC.CCc1cn2c(cc1=O)C(=O)N1[C@H](C)CCO[C@H]1C2.O=C=O.O=C=O. The number of rotatable bonds is 8. The fraction of sp³-hybridized carbons (Fsp3) is 0.533. The Hall–Kier alpha value is -4.52. The fourth-order valence-corrected chi connectivity index (χ4v) is 4.70. The molecule has 0 saturated carbocycles. The molecule has 2 aliphatic heterocycles. The number of carbonyl (C=O) groups excluding carboxylic acids is 6. The Labute approximate surface area is 259 Å². The zero-order valence-corrected chi connectivity index (χ0v) is 26.2. The lowest BCUT2D eigenvalue weighted by Gasteiger charge is -2.44. The number of aryl methyl sites for hydroxylation is 2. The Morgan fingerprint density at radius 1 is 0.956 bits per heavy atom. The molecule has 0 unspecified atom stereocenters. The van der Waals surface area contributed by atoms with Crippen molar-refractivity contribution in [2.24, 2.45) is 0 Å². The molecule has 15 nitrogen and oxygen atoms in total. The topological polar surface area (TPSA) is 187 Å². The highest BCUT2D eigenvalue weighted by atomic mass is 16.7. The van der Waals surface area contributed by atoms with E-state index in [0.29, 0.717) is 43.8 Å². The molecular weight excluding hydrogens is 594 g/mol. The van der Waals surface area contributed by atoms with Crippen LogP contribution in [0.15, 0.2) is 34.1 Å². The molecule has 2 aliphatic rings. The van der Waals surface area contributed by atoms with Crippen LogP contribution >= 0.6 is 0 Å². The number of hydrogen-bond donors (Lipinski definition) is 0. The molecule has 2 aromatic heterocycles. The summed E-state index contributed by atoms with van der Waals surface area (Å²) in [6.07, 6.45) is 5.37. The highest BCUT2D eigenvalue weighted by molar-refractivity contribution is 5.93. The van der Waals surface area contributed by atoms with Crippen molar-refractivity contribution >= 4 is 24.2 Å². The van der Waals surface area contributed by atoms with Crippen LogP contribution in [0.4, 0.5) is 0 Å². The number of pyridine rings is 2. The van der Waals surface area contributed by atoms with Crippen molar-refractivity contribution in [3.8, 4) is 0 Å². The van der Waals surface area contributed by atoms with Crippen LogP contribution in [-0.4, -0.2) is 84.2 Å². The quantitative estimate of drug-likeness (QED) is 0.297. The van der Waals surface area contributed by atoms with E-state index < -0.39 is 12.3 Å². The van der Waals surface area contributed by atoms with E-state index in [1.807, 2.05) is 25.3 Å². The van der Waals surface area contributed by atoms with Crippen molar-refractivity contribution in [3.05, 3.63) is 67.5 Å². The molecule has 0 N–H and O–H groups in total. The minimum absolute atomic E-state index is 0.0499. The molecule has 4 heterocycles. The molecule has 2 atom stereocenters. The van der Waals surface area contributed by atoms with Crippen LogP contribution < -0.4 is 10.9 Å². The van der Waals surface area contributed by atoms with Gasteiger partial charge in [0.25, 0.3) is 5.91 Å². The van der Waals surface area contributed by atoms with Crippen molar-refractivity contribution in [1.82, 2.24) is 14.0 Å². The second kappa shape index (κ2) is 19.7. The van der Waals surface area contributed by atoms with E-state index in [1.54, 1.807) is 28.8 Å². The van der Waals surface area contributed by atoms with Crippen molar-refractivity contribution in [3.63, 3.8) is 0 Å². The van der Waals surface area contributed by atoms with Crippen LogP contribution in [0.2, 0.25) is 0 Å². The maximum absolute atomic E-state index is 12.5. The Morgan fingerprint density at radius 3 is 2.04 bits per heavy atom. The molecule has 2 aromatic rings. The van der Waals surface area contributed by atoms with Gasteiger partial charge in [0.1, 0.15) is 11.4 Å². The lowest BCUT2D eigenvalue weighted by Crippen LogP contribution is -2.56. The maximum atomic E-state index is 12.5. The van der Waals surface area contributed by atoms with Crippen LogP contribution in [0.5, 0.6) is 0 Å². The molecule has 246 valence electrons. The van der Waals surface area contributed by atoms with Gasteiger partial charge in [-0.3, -0.25) is 14.4 Å². The van der Waals surface area contributed by atoms with E-state index in [1.165, 1.54) is 26.4 Å². The summed E-state index contributed by atoms with van der Waals surface area (Å²) in [7, 11) is 3.03. The molecule has 0 bridgehead atoms. The summed E-state index contributed by atoms with van der Waals surface area (Å²) >= 11 is 0. The number of carbonyl (C=O) groups is 2. The predicted molar refractivity (Wildman–Crippen MR) is 154 cm³/mol. The van der Waals surface area contributed by atoms with E-state index >= 15 is 0 Å². The zero-order valence-electron chi connectivity index (χ0n) is 26.2. The van der Waals surface area contributed by atoms with Crippen molar-refractivity contribution in [1.29, 1.82) is 0 Å². The van der Waals surface area contributed by atoms with E-state index in [0.717, 1.165) is 12.0 Å². The average molecular weight is 634 g/mol. The Balaban J connectivity index is 0.000000383. The molecule has 4 rings (SSSR count). The molecule has 1 amide bonds. The van der Waals surface area contributed by atoms with Crippen LogP contribution in [0.3, 0.4) is 0 Å². The first-order valence-electron chi connectivity index (χ1n) is 14.1. The standard InChI is InChI=1S/C14H18N2O3.C14H21NO5.2CO2/c1-3-10-7-15-8-13-16(9(2)4-5-19-13)14(18)11(15)6-12(10)17;1-5-10-8-15(9-13(18-3)19-4)11(7-12(10)16)14(17)20-6-2;2*2-1-3/h6-7,9,13H,3-5,8H2,1-2H3;7-8,13H,5-6,9H2,1-4H3;;/t9-,13+;;;/m1.../s1. The van der Waals surface area contributed by atoms with E-state index in [-0.39, 0.29) is 53.6 Å². The predicted octanol–water partition coefficient (Wildman–Crippen LogP) is 1.04. The van der Waals surface area contributed by atoms with Gasteiger partial charge in [0.2, 0.25) is 0 Å².